The first-order valence-corrected chi connectivity index (χ1v) is 13.0. The predicted molar refractivity (Wildman–Crippen MR) is 142 cm³/mol. The largest absolute Gasteiger partial charge is 0.493 e. The van der Waals surface area contributed by atoms with Crippen LogP contribution in [0.2, 0.25) is 0 Å². The van der Waals surface area contributed by atoms with Crippen LogP contribution < -0.4 is 4.74 Å². The van der Waals surface area contributed by atoms with Gasteiger partial charge in [-0.25, -0.2) is 4.79 Å². The molecule has 2 aromatic carbocycles. The molecule has 0 aromatic heterocycles. The number of carboxylic acids is 1. The van der Waals surface area contributed by atoms with E-state index in [-0.39, 0.29) is 16.4 Å². The van der Waals surface area contributed by atoms with Crippen molar-refractivity contribution in [1.29, 1.82) is 0 Å². The minimum absolute atomic E-state index is 0.0314. The number of benzene rings is 2. The Labute approximate surface area is 210 Å². The molecular weight excluding hydrogens is 438 g/mol. The van der Waals surface area contributed by atoms with Crippen LogP contribution >= 0.6 is 0 Å². The van der Waals surface area contributed by atoms with Gasteiger partial charge in [0.2, 0.25) is 0 Å². The molecule has 0 radical (unpaired) electrons. The minimum atomic E-state index is -0.949. The molecule has 1 N–H and O–H groups in total. The van der Waals surface area contributed by atoms with Crippen LogP contribution in [0.15, 0.2) is 41.6 Å². The van der Waals surface area contributed by atoms with Gasteiger partial charge in [0.15, 0.2) is 0 Å². The van der Waals surface area contributed by atoms with E-state index in [2.05, 4.69) is 51.9 Å². The fourth-order valence-corrected chi connectivity index (χ4v) is 4.79. The Bertz CT molecular complexity index is 1050. The van der Waals surface area contributed by atoms with Crippen molar-refractivity contribution in [3.05, 3.63) is 64.2 Å². The third-order valence-electron chi connectivity index (χ3n) is 7.16. The third-order valence-corrected chi connectivity index (χ3v) is 7.16. The van der Waals surface area contributed by atoms with Crippen LogP contribution in [0.25, 0.3) is 0 Å². The van der Waals surface area contributed by atoms with Crippen LogP contribution in [0.3, 0.4) is 0 Å². The number of aromatic carboxylic acids is 1. The first kappa shape index (κ1) is 26.8. The minimum Gasteiger partial charge on any atom is -0.493 e. The van der Waals surface area contributed by atoms with Gasteiger partial charge in [-0.15, -0.1) is 0 Å². The normalized spacial score (nSPS) is 16.5. The van der Waals surface area contributed by atoms with E-state index in [9.17, 15) is 9.90 Å². The number of hydrogen-bond acceptors (Lipinski definition) is 4. The molecule has 0 spiro atoms. The molecule has 0 amide bonds. The number of rotatable bonds is 11. The monoisotopic (exact) mass is 479 g/mol. The smallest absolute Gasteiger partial charge is 0.335 e. The van der Waals surface area contributed by atoms with E-state index in [4.69, 9.17) is 9.57 Å². The van der Waals surface area contributed by atoms with Crippen molar-refractivity contribution in [2.24, 2.45) is 5.16 Å². The summed E-state index contributed by atoms with van der Waals surface area (Å²) in [7, 11) is 0. The van der Waals surface area contributed by atoms with Gasteiger partial charge in [-0.05, 0) is 78.8 Å². The summed E-state index contributed by atoms with van der Waals surface area (Å²) in [5.41, 5.74) is 5.32. The Morgan fingerprint density at radius 1 is 0.914 bits per heavy atom. The van der Waals surface area contributed by atoms with Crippen LogP contribution in [0.5, 0.6) is 5.75 Å². The molecule has 0 atom stereocenters. The number of carboxylic acid groups (broad SMARTS) is 1. The zero-order valence-electron chi connectivity index (χ0n) is 22.2. The lowest BCUT2D eigenvalue weighted by molar-refractivity contribution is 0.0697. The van der Waals surface area contributed by atoms with Gasteiger partial charge in [-0.3, -0.25) is 0 Å². The van der Waals surface area contributed by atoms with Gasteiger partial charge < -0.3 is 14.7 Å². The number of carbonyl (C=O) groups is 1. The average Bonchev–Trinajstić information content (AvgIpc) is 2.82. The summed E-state index contributed by atoms with van der Waals surface area (Å²) in [5.74, 6) is -0.164. The molecule has 0 saturated heterocycles. The molecule has 35 heavy (non-hydrogen) atoms. The van der Waals surface area contributed by atoms with Gasteiger partial charge in [0.1, 0.15) is 18.1 Å². The van der Waals surface area contributed by atoms with E-state index < -0.39 is 5.97 Å². The molecule has 0 unspecified atom stereocenters. The fourth-order valence-electron chi connectivity index (χ4n) is 4.79. The highest BCUT2D eigenvalue weighted by atomic mass is 16.6. The summed E-state index contributed by atoms with van der Waals surface area (Å²) in [6, 6.07) is 11.2. The number of oxime groups is 1. The van der Waals surface area contributed by atoms with Crippen molar-refractivity contribution < 1.29 is 19.5 Å². The Hall–Kier alpha value is -2.82. The van der Waals surface area contributed by atoms with Crippen LogP contribution in [-0.2, 0) is 15.7 Å². The number of ether oxygens (including phenoxy) is 1. The molecule has 0 heterocycles. The van der Waals surface area contributed by atoms with Crippen molar-refractivity contribution in [3.63, 3.8) is 0 Å². The topological polar surface area (TPSA) is 68.1 Å². The number of fused-ring (bicyclic) bond motifs is 1. The first-order chi connectivity index (χ1) is 16.6. The number of unbranched alkanes of at least 4 members (excludes halogenated alkanes) is 3. The Morgan fingerprint density at radius 2 is 1.51 bits per heavy atom. The quantitative estimate of drug-likeness (QED) is 0.206. The molecule has 2 aromatic rings. The van der Waals surface area contributed by atoms with Crippen molar-refractivity contribution in [2.45, 2.75) is 90.9 Å². The molecule has 0 fully saturated rings. The highest BCUT2D eigenvalue weighted by Gasteiger charge is 2.38. The van der Waals surface area contributed by atoms with Crippen LogP contribution in [-0.4, -0.2) is 30.0 Å². The molecule has 3 rings (SSSR count). The summed E-state index contributed by atoms with van der Waals surface area (Å²) in [6.07, 6.45) is 6.64. The van der Waals surface area contributed by atoms with E-state index in [0.717, 1.165) is 42.6 Å². The van der Waals surface area contributed by atoms with Crippen LogP contribution in [0.1, 0.15) is 113 Å². The molecule has 0 bridgehead atoms. The molecule has 1 aliphatic rings. The summed E-state index contributed by atoms with van der Waals surface area (Å²) < 4.78 is 6.16. The summed E-state index contributed by atoms with van der Waals surface area (Å²) >= 11 is 0. The van der Waals surface area contributed by atoms with Gasteiger partial charge in [-0.2, -0.15) is 0 Å². The number of nitrogens with zero attached hydrogens (tertiary/aromatic N) is 1. The third kappa shape index (κ3) is 6.25. The average molecular weight is 480 g/mol. The van der Waals surface area contributed by atoms with Gasteiger partial charge in [0.05, 0.1) is 12.2 Å². The van der Waals surface area contributed by atoms with E-state index >= 15 is 0 Å². The number of hydrogen-bond donors (Lipinski definition) is 1. The lowest BCUT2D eigenvalue weighted by Crippen LogP contribution is -2.34. The zero-order valence-corrected chi connectivity index (χ0v) is 22.2. The van der Waals surface area contributed by atoms with Crippen molar-refractivity contribution in [3.8, 4) is 5.75 Å². The fraction of sp³-hybridized carbons (Fsp3) is 0.533. The maximum absolute atomic E-state index is 11.4. The van der Waals surface area contributed by atoms with Crippen LogP contribution in [0.4, 0.5) is 0 Å². The molecule has 5 heteroatoms. The second-order valence-corrected chi connectivity index (χ2v) is 10.8. The Kier molecular flexibility index (Phi) is 8.63. The van der Waals surface area contributed by atoms with Crippen molar-refractivity contribution in [1.82, 2.24) is 0 Å². The van der Waals surface area contributed by atoms with Crippen molar-refractivity contribution in [2.75, 3.05) is 13.2 Å². The first-order valence-electron chi connectivity index (χ1n) is 13.0. The Morgan fingerprint density at radius 3 is 2.09 bits per heavy atom. The molecular formula is C30H41NO4. The molecule has 1 aliphatic carbocycles. The van der Waals surface area contributed by atoms with E-state index in [1.165, 1.54) is 24.0 Å². The second-order valence-electron chi connectivity index (χ2n) is 10.8. The Balaban J connectivity index is 2.12. The SMILES string of the molecule is CCCCCCO/N=C(\c1ccc(C(=O)O)cc1)c1cc2c(cc1OCC)C(C)(C)CCC2(C)C. The van der Waals surface area contributed by atoms with E-state index in [0.29, 0.717) is 18.9 Å². The van der Waals surface area contributed by atoms with Crippen molar-refractivity contribution >= 4 is 11.7 Å². The second kappa shape index (κ2) is 11.3. The maximum Gasteiger partial charge on any atom is 0.335 e. The van der Waals surface area contributed by atoms with E-state index in [1.807, 2.05) is 6.92 Å². The summed E-state index contributed by atoms with van der Waals surface area (Å²) in [6.45, 7) is 14.5. The van der Waals surface area contributed by atoms with E-state index in [1.54, 1.807) is 24.3 Å². The molecule has 5 nitrogen and oxygen atoms in total. The molecule has 0 aliphatic heterocycles. The predicted octanol–water partition coefficient (Wildman–Crippen LogP) is 7.48. The summed E-state index contributed by atoms with van der Waals surface area (Å²) in [5, 5.41) is 14.0. The van der Waals surface area contributed by atoms with Gasteiger partial charge in [0.25, 0.3) is 0 Å². The van der Waals surface area contributed by atoms with Gasteiger partial charge >= 0.3 is 5.97 Å². The zero-order chi connectivity index (χ0) is 25.6. The highest BCUT2D eigenvalue weighted by molar-refractivity contribution is 6.14. The molecule has 0 saturated carbocycles. The summed E-state index contributed by atoms with van der Waals surface area (Å²) in [4.78, 5) is 17.2. The van der Waals surface area contributed by atoms with Crippen LogP contribution in [0, 0.1) is 0 Å². The standard InChI is InChI=1S/C30H41NO4/c1-7-9-10-11-18-35-31-27(21-12-14-22(15-13-21)28(32)33)23-19-24-25(20-26(23)34-8-2)30(5,6)17-16-29(24,3)4/h12-15,19-20H,7-11,16-18H2,1-6H3,(H,32,33)/b31-27+. The van der Waals surface area contributed by atoms with Gasteiger partial charge in [-0.1, -0.05) is 64.7 Å². The van der Waals surface area contributed by atoms with Gasteiger partial charge in [0, 0.05) is 11.1 Å². The highest BCUT2D eigenvalue weighted by Crippen LogP contribution is 2.48. The maximum atomic E-state index is 11.4. The lowest BCUT2D eigenvalue weighted by Gasteiger charge is -2.42. The lowest BCUT2D eigenvalue weighted by atomic mass is 9.62. The molecule has 190 valence electrons.